The molecule has 0 aliphatic heterocycles. The number of hydrogen-bond donors (Lipinski definition) is 2. The highest BCUT2D eigenvalue weighted by molar-refractivity contribution is 9.10. The maximum Gasteiger partial charge on any atom is 0.342 e. The number of esters is 1. The van der Waals surface area contributed by atoms with Crippen molar-refractivity contribution >= 4 is 46.4 Å². The number of nitrogens with zero attached hydrogens (tertiary/aromatic N) is 4. The van der Waals surface area contributed by atoms with Crippen molar-refractivity contribution in [3.8, 4) is 5.75 Å². The van der Waals surface area contributed by atoms with Gasteiger partial charge < -0.3 is 24.3 Å². The van der Waals surface area contributed by atoms with Crippen molar-refractivity contribution in [3.05, 3.63) is 41.4 Å². The first kappa shape index (κ1) is 26.1. The van der Waals surface area contributed by atoms with Gasteiger partial charge in [0.15, 0.2) is 21.7 Å². The number of nitrogens with two attached hydrogens (primary N) is 1. The molecule has 0 saturated heterocycles. The summed E-state index contributed by atoms with van der Waals surface area (Å²) in [5, 5.41) is 2.78. The molecule has 1 aromatic carbocycles. The van der Waals surface area contributed by atoms with E-state index in [2.05, 4.69) is 36.0 Å². The van der Waals surface area contributed by atoms with Crippen LogP contribution >= 0.6 is 23.4 Å². The molecule has 13 heteroatoms. The molecule has 0 radical (unpaired) electrons. The van der Waals surface area contributed by atoms with Crippen LogP contribution in [0.15, 0.2) is 41.4 Å². The molecule has 2 heterocycles. The number of para-hydroxylation sites is 1. The van der Waals surface area contributed by atoms with Gasteiger partial charge >= 0.3 is 13.5 Å². The lowest BCUT2D eigenvalue weighted by molar-refractivity contribution is -0.149. The van der Waals surface area contributed by atoms with Gasteiger partial charge in [-0.2, -0.15) is 0 Å². The molecular weight excluding hydrogens is 527 g/mol. The fourth-order valence-corrected chi connectivity index (χ4v) is 5.33. The normalized spacial score (nSPS) is 15.1. The van der Waals surface area contributed by atoms with Crippen LogP contribution in [0.3, 0.4) is 0 Å². The number of ether oxygens (including phenoxy) is 2. The number of nitrogen functional groups attached to an aromatic ring is 1. The summed E-state index contributed by atoms with van der Waals surface area (Å²) in [4.78, 5) is 24.8. The topological polar surface area (TPSA) is 143 Å². The summed E-state index contributed by atoms with van der Waals surface area (Å²) in [7, 11) is -3.66. The zero-order valence-electron chi connectivity index (χ0n) is 19.3. The molecule has 3 N–H and O–H groups in total. The van der Waals surface area contributed by atoms with E-state index in [0.717, 1.165) is 0 Å². The van der Waals surface area contributed by atoms with Crippen molar-refractivity contribution in [2.45, 2.75) is 52.5 Å². The second kappa shape index (κ2) is 11.3. The van der Waals surface area contributed by atoms with Crippen LogP contribution in [0.25, 0.3) is 11.2 Å². The third-order valence-corrected chi connectivity index (χ3v) is 6.96. The minimum Gasteiger partial charge on any atom is -0.462 e. The largest absolute Gasteiger partial charge is 0.462 e. The van der Waals surface area contributed by atoms with Gasteiger partial charge in [0.05, 0.1) is 18.8 Å². The molecular formula is C21H28BrN6O5P. The Labute approximate surface area is 206 Å². The van der Waals surface area contributed by atoms with E-state index in [1.54, 1.807) is 49.6 Å². The Kier molecular flexibility index (Phi) is 8.64. The quantitative estimate of drug-likeness (QED) is 0.204. The smallest absolute Gasteiger partial charge is 0.342 e. The van der Waals surface area contributed by atoms with Gasteiger partial charge in [-0.1, -0.05) is 18.2 Å². The minimum absolute atomic E-state index is 0.269. The maximum absolute atomic E-state index is 13.7. The summed E-state index contributed by atoms with van der Waals surface area (Å²) in [5.41, 5.74) is 6.90. The van der Waals surface area contributed by atoms with Gasteiger partial charge in [0.2, 0.25) is 0 Å². The van der Waals surface area contributed by atoms with E-state index in [0.29, 0.717) is 28.2 Å². The lowest BCUT2D eigenvalue weighted by atomic mass is 10.3. The Morgan fingerprint density at radius 3 is 2.59 bits per heavy atom. The molecule has 0 amide bonds. The summed E-state index contributed by atoms with van der Waals surface area (Å²) >= 11 is 3.41. The number of imidazole rings is 1. The van der Waals surface area contributed by atoms with Gasteiger partial charge in [-0.3, -0.25) is 9.36 Å². The lowest BCUT2D eigenvalue weighted by Gasteiger charge is -2.25. The number of carbonyl (C=O) groups is 1. The molecule has 0 saturated carbocycles. The highest BCUT2D eigenvalue weighted by atomic mass is 79.9. The van der Waals surface area contributed by atoms with Crippen molar-refractivity contribution < 1.29 is 23.4 Å². The van der Waals surface area contributed by atoms with Crippen molar-refractivity contribution in [1.29, 1.82) is 0 Å². The highest BCUT2D eigenvalue weighted by Crippen LogP contribution is 2.44. The highest BCUT2D eigenvalue weighted by Gasteiger charge is 2.32. The first-order chi connectivity index (χ1) is 16.1. The van der Waals surface area contributed by atoms with E-state index < -0.39 is 25.6 Å². The average Bonchev–Trinajstić information content (AvgIpc) is 3.09. The summed E-state index contributed by atoms with van der Waals surface area (Å²) in [6.07, 6.45) is 0.349. The van der Waals surface area contributed by atoms with E-state index in [-0.39, 0.29) is 18.3 Å². The van der Waals surface area contributed by atoms with E-state index in [9.17, 15) is 9.36 Å². The van der Waals surface area contributed by atoms with E-state index >= 15 is 0 Å². The Morgan fingerprint density at radius 2 is 1.91 bits per heavy atom. The number of hydrogen-bond acceptors (Lipinski definition) is 9. The fourth-order valence-electron chi connectivity index (χ4n) is 3.05. The average molecular weight is 555 g/mol. The molecule has 0 aliphatic rings. The molecule has 0 aliphatic carbocycles. The monoisotopic (exact) mass is 554 g/mol. The Hall–Kier alpha value is -2.53. The first-order valence-electron chi connectivity index (χ1n) is 10.6. The van der Waals surface area contributed by atoms with Crippen LogP contribution in [0.2, 0.25) is 0 Å². The van der Waals surface area contributed by atoms with Gasteiger partial charge in [0.1, 0.15) is 24.5 Å². The number of anilines is 1. The Balaban J connectivity index is 1.73. The number of carbonyl (C=O) groups excluding carboxylic acids is 1. The SMILES string of the molecule is CC(C)OC(=O)[C@H](C)N[P@](=O)(CO[C@H](C)Cn1c(Br)nc2c(N)ncnc21)Oc1ccccc1. The molecule has 3 rings (SSSR count). The molecule has 0 spiro atoms. The molecule has 3 atom stereocenters. The van der Waals surface area contributed by atoms with Crippen molar-refractivity contribution in [2.75, 3.05) is 12.1 Å². The van der Waals surface area contributed by atoms with Gasteiger partial charge in [0, 0.05) is 0 Å². The number of benzene rings is 1. The molecule has 184 valence electrons. The molecule has 11 nitrogen and oxygen atoms in total. The number of halogens is 1. The van der Waals surface area contributed by atoms with Crippen LogP contribution in [-0.2, 0) is 25.4 Å². The standard InChI is InChI=1S/C21H28BrN6O5P/c1-13(2)32-20(29)15(4)27-34(30,33-16-8-6-5-7-9-16)12-31-14(3)10-28-19-17(26-21(28)22)18(23)24-11-25-19/h5-9,11,13-15H,10,12H2,1-4H3,(H,27,30)(H2,23,24,25)/t14-,15+,34+/m1/s1. The first-order valence-corrected chi connectivity index (χ1v) is 13.2. The molecule has 3 aromatic rings. The van der Waals surface area contributed by atoms with Crippen molar-refractivity contribution in [1.82, 2.24) is 24.6 Å². The predicted molar refractivity (Wildman–Crippen MR) is 131 cm³/mol. The van der Waals surface area contributed by atoms with Gasteiger partial charge in [-0.25, -0.2) is 20.0 Å². The van der Waals surface area contributed by atoms with Crippen LogP contribution < -0.4 is 15.3 Å². The van der Waals surface area contributed by atoms with Crippen LogP contribution in [0.4, 0.5) is 5.82 Å². The second-order valence-electron chi connectivity index (χ2n) is 7.94. The number of nitrogens with one attached hydrogen (secondary N) is 1. The van der Waals surface area contributed by atoms with Crippen LogP contribution in [0.5, 0.6) is 5.75 Å². The Bertz CT molecular complexity index is 1180. The molecule has 34 heavy (non-hydrogen) atoms. The van der Waals surface area contributed by atoms with Gasteiger partial charge in [0.25, 0.3) is 0 Å². The van der Waals surface area contributed by atoms with Crippen molar-refractivity contribution in [2.24, 2.45) is 0 Å². The third-order valence-electron chi connectivity index (χ3n) is 4.57. The van der Waals surface area contributed by atoms with Crippen molar-refractivity contribution in [3.63, 3.8) is 0 Å². The van der Waals surface area contributed by atoms with E-state index in [4.69, 9.17) is 19.7 Å². The summed E-state index contributed by atoms with van der Waals surface area (Å²) in [5.74, 6) is 0.116. The predicted octanol–water partition coefficient (Wildman–Crippen LogP) is 3.74. The van der Waals surface area contributed by atoms with Gasteiger partial charge in [-0.15, -0.1) is 0 Å². The summed E-state index contributed by atoms with van der Waals surface area (Å²) in [6.45, 7) is 7.20. The van der Waals surface area contributed by atoms with Crippen LogP contribution in [0, 0.1) is 0 Å². The minimum atomic E-state index is -3.66. The molecule has 0 unspecified atom stereocenters. The number of fused-ring (bicyclic) bond motifs is 1. The van der Waals surface area contributed by atoms with E-state index in [1.165, 1.54) is 6.33 Å². The number of rotatable bonds is 11. The van der Waals surface area contributed by atoms with Crippen LogP contribution in [0.1, 0.15) is 27.7 Å². The molecule has 2 aromatic heterocycles. The fraction of sp³-hybridized carbons (Fsp3) is 0.429. The van der Waals surface area contributed by atoms with Gasteiger partial charge in [-0.05, 0) is 55.8 Å². The second-order valence-corrected chi connectivity index (χ2v) is 10.7. The van der Waals surface area contributed by atoms with Crippen LogP contribution in [-0.4, -0.2) is 50.1 Å². The molecule has 0 fully saturated rings. The van der Waals surface area contributed by atoms with E-state index in [1.807, 2.05) is 13.0 Å². The Morgan fingerprint density at radius 1 is 1.21 bits per heavy atom. The maximum atomic E-state index is 13.7. The number of aromatic nitrogens is 4. The third kappa shape index (κ3) is 6.75. The zero-order chi connectivity index (χ0) is 24.9. The zero-order valence-corrected chi connectivity index (χ0v) is 21.8. The molecule has 0 bridgehead atoms. The lowest BCUT2D eigenvalue weighted by Crippen LogP contribution is -2.37. The summed E-state index contributed by atoms with van der Waals surface area (Å²) in [6, 6.07) is 7.81. The summed E-state index contributed by atoms with van der Waals surface area (Å²) < 4.78 is 32.9.